The molecular formula is C26H32F3N5O2. The van der Waals surface area contributed by atoms with Gasteiger partial charge in [0, 0.05) is 62.8 Å². The van der Waals surface area contributed by atoms with Crippen molar-refractivity contribution in [2.24, 2.45) is 11.3 Å². The van der Waals surface area contributed by atoms with Crippen molar-refractivity contribution in [1.82, 2.24) is 24.6 Å². The maximum absolute atomic E-state index is 14.0. The number of hydrogen-bond donors (Lipinski definition) is 1. The number of rotatable bonds is 3. The van der Waals surface area contributed by atoms with Crippen LogP contribution in [0.5, 0.6) is 0 Å². The molecule has 4 aliphatic rings. The minimum Gasteiger partial charge on any atom is -0.337 e. The zero-order valence-electron chi connectivity index (χ0n) is 20.3. The summed E-state index contributed by atoms with van der Waals surface area (Å²) in [5.74, 6) is 0.477. The maximum Gasteiger partial charge on any atom is 0.417 e. The fraction of sp³-hybridized carbons (Fsp3) is 0.654. The van der Waals surface area contributed by atoms with Crippen molar-refractivity contribution < 1.29 is 18.0 Å². The number of carbonyl (C=O) groups is 1. The zero-order chi connectivity index (χ0) is 25.1. The molecule has 36 heavy (non-hydrogen) atoms. The number of nitrogens with zero attached hydrogens (tertiary/aromatic N) is 4. The highest BCUT2D eigenvalue weighted by atomic mass is 19.4. The molecule has 2 aliphatic heterocycles. The van der Waals surface area contributed by atoms with Gasteiger partial charge >= 0.3 is 6.18 Å². The number of halogens is 3. The number of hydrogen-bond acceptors (Lipinski definition) is 4. The van der Waals surface area contributed by atoms with Crippen molar-refractivity contribution in [3.8, 4) is 0 Å². The fourth-order valence-corrected chi connectivity index (χ4v) is 7.40. The Morgan fingerprint density at radius 2 is 1.94 bits per heavy atom. The number of pyridine rings is 1. The van der Waals surface area contributed by atoms with E-state index in [-0.39, 0.29) is 23.4 Å². The second kappa shape index (κ2) is 8.75. The van der Waals surface area contributed by atoms with Gasteiger partial charge in [-0.25, -0.2) is 0 Å². The summed E-state index contributed by atoms with van der Waals surface area (Å²) in [6.07, 6.45) is 5.52. The van der Waals surface area contributed by atoms with Crippen LogP contribution in [0.2, 0.25) is 0 Å². The number of H-pyrrole nitrogens is 1. The Balaban J connectivity index is 1.15. The SMILES string of the molecule is O=C(N1CCc2ncc(C(F)(F)F)cc2C1)[C@@]12CCC[C@@H]1C[C@@H](N1CCC(n3ccc(=O)[nH]3)CC1)C2. The molecule has 2 aromatic heterocycles. The van der Waals surface area contributed by atoms with Gasteiger partial charge in [0.2, 0.25) is 5.91 Å². The molecule has 4 heterocycles. The molecular weight excluding hydrogens is 471 g/mol. The molecule has 2 aromatic rings. The van der Waals surface area contributed by atoms with Crippen LogP contribution >= 0.6 is 0 Å². The second-order valence-corrected chi connectivity index (χ2v) is 11.1. The van der Waals surface area contributed by atoms with Gasteiger partial charge < -0.3 is 9.80 Å². The van der Waals surface area contributed by atoms with E-state index < -0.39 is 11.7 Å². The minimum atomic E-state index is -4.44. The molecule has 2 saturated carbocycles. The molecule has 1 amide bonds. The van der Waals surface area contributed by atoms with E-state index in [0.717, 1.165) is 64.2 Å². The first kappa shape index (κ1) is 23.8. The van der Waals surface area contributed by atoms with Crippen molar-refractivity contribution in [2.75, 3.05) is 19.6 Å². The number of amides is 1. The summed E-state index contributed by atoms with van der Waals surface area (Å²) < 4.78 is 41.6. The summed E-state index contributed by atoms with van der Waals surface area (Å²) in [7, 11) is 0. The highest BCUT2D eigenvalue weighted by molar-refractivity contribution is 5.84. The predicted octanol–water partition coefficient (Wildman–Crippen LogP) is 3.76. The Bertz CT molecular complexity index is 1200. The van der Waals surface area contributed by atoms with Gasteiger partial charge in [-0.05, 0) is 56.1 Å². The van der Waals surface area contributed by atoms with E-state index in [2.05, 4.69) is 15.0 Å². The molecule has 1 saturated heterocycles. The van der Waals surface area contributed by atoms with Gasteiger partial charge in [-0.2, -0.15) is 13.2 Å². The van der Waals surface area contributed by atoms with Gasteiger partial charge in [-0.3, -0.25) is 24.4 Å². The van der Waals surface area contributed by atoms with Crippen LogP contribution in [0.15, 0.2) is 29.3 Å². The largest absolute Gasteiger partial charge is 0.417 e. The summed E-state index contributed by atoms with van der Waals surface area (Å²) in [6.45, 7) is 2.61. The molecule has 1 N–H and O–H groups in total. The van der Waals surface area contributed by atoms with E-state index in [1.54, 1.807) is 11.0 Å². The molecule has 194 valence electrons. The van der Waals surface area contributed by atoms with E-state index in [1.807, 2.05) is 10.9 Å². The Hall–Kier alpha value is -2.62. The number of likely N-dealkylation sites (tertiary alicyclic amines) is 1. The Labute approximate surface area is 207 Å². The van der Waals surface area contributed by atoms with Gasteiger partial charge in [0.05, 0.1) is 17.0 Å². The smallest absolute Gasteiger partial charge is 0.337 e. The number of aromatic nitrogens is 3. The summed E-state index contributed by atoms with van der Waals surface area (Å²) in [5.41, 5.74) is -0.0217. The van der Waals surface area contributed by atoms with Crippen LogP contribution in [-0.2, 0) is 23.9 Å². The Kier molecular flexibility index (Phi) is 5.77. The second-order valence-electron chi connectivity index (χ2n) is 11.1. The molecule has 3 fully saturated rings. The van der Waals surface area contributed by atoms with Crippen molar-refractivity contribution in [3.63, 3.8) is 0 Å². The molecule has 10 heteroatoms. The third-order valence-electron chi connectivity index (χ3n) is 9.23. The molecule has 0 radical (unpaired) electrons. The molecule has 2 aliphatic carbocycles. The van der Waals surface area contributed by atoms with Crippen molar-refractivity contribution in [1.29, 1.82) is 0 Å². The minimum absolute atomic E-state index is 0.0766. The molecule has 7 nitrogen and oxygen atoms in total. The average molecular weight is 504 g/mol. The number of fused-ring (bicyclic) bond motifs is 2. The number of nitrogens with one attached hydrogen (secondary N) is 1. The first-order valence-corrected chi connectivity index (χ1v) is 13.1. The number of carbonyl (C=O) groups excluding carboxylic acids is 1. The van der Waals surface area contributed by atoms with Gasteiger partial charge in [-0.1, -0.05) is 6.42 Å². The summed E-state index contributed by atoms with van der Waals surface area (Å²) in [6, 6.07) is 3.38. The van der Waals surface area contributed by atoms with Crippen LogP contribution in [0.3, 0.4) is 0 Å². The molecule has 0 bridgehead atoms. The third-order valence-corrected chi connectivity index (χ3v) is 9.23. The first-order chi connectivity index (χ1) is 17.2. The topological polar surface area (TPSA) is 74.2 Å². The van der Waals surface area contributed by atoms with Crippen LogP contribution in [0.4, 0.5) is 13.2 Å². The van der Waals surface area contributed by atoms with Gasteiger partial charge in [0.25, 0.3) is 5.56 Å². The van der Waals surface area contributed by atoms with E-state index >= 15 is 0 Å². The summed E-state index contributed by atoms with van der Waals surface area (Å²) >= 11 is 0. The quantitative estimate of drug-likeness (QED) is 0.692. The highest BCUT2D eigenvalue weighted by Crippen LogP contribution is 2.56. The van der Waals surface area contributed by atoms with Crippen molar-refractivity contribution in [3.05, 3.63) is 51.7 Å². The standard InChI is InChI=1S/C26H32F3N5O2/c27-26(28,29)19-12-17-16-33(10-5-22(17)30-15-19)24(36)25-7-1-2-18(25)13-21(14-25)32-8-3-20(4-9-32)34-11-6-23(35)31-34/h6,11-12,15,18,20-21H,1-5,7-10,13-14,16H2,(H,31,35)/t18-,21-,25-/m1/s1. The van der Waals surface area contributed by atoms with Crippen molar-refractivity contribution >= 4 is 5.91 Å². The number of aromatic amines is 1. The Morgan fingerprint density at radius 1 is 1.14 bits per heavy atom. The lowest BCUT2D eigenvalue weighted by Gasteiger charge is -2.39. The molecule has 3 atom stereocenters. The van der Waals surface area contributed by atoms with Gasteiger partial charge in [0.1, 0.15) is 0 Å². The van der Waals surface area contributed by atoms with Gasteiger partial charge in [-0.15, -0.1) is 0 Å². The van der Waals surface area contributed by atoms with Crippen LogP contribution < -0.4 is 5.56 Å². The van der Waals surface area contributed by atoms with Crippen molar-refractivity contribution in [2.45, 2.75) is 76.2 Å². The predicted molar refractivity (Wildman–Crippen MR) is 126 cm³/mol. The summed E-state index contributed by atoms with van der Waals surface area (Å²) in [5, 5.41) is 2.86. The molecule has 0 spiro atoms. The normalized spacial score (nSPS) is 29.4. The lowest BCUT2D eigenvalue weighted by atomic mass is 9.78. The first-order valence-electron chi connectivity index (χ1n) is 13.1. The summed E-state index contributed by atoms with van der Waals surface area (Å²) in [4.78, 5) is 33.9. The number of piperidine rings is 1. The van der Waals surface area contributed by atoms with Crippen LogP contribution in [0.1, 0.15) is 67.8 Å². The lowest BCUT2D eigenvalue weighted by molar-refractivity contribution is -0.144. The molecule has 6 rings (SSSR count). The average Bonchev–Trinajstić information content (AvgIpc) is 3.57. The van der Waals surface area contributed by atoms with E-state index in [4.69, 9.17) is 0 Å². The van der Waals surface area contributed by atoms with E-state index in [1.165, 1.54) is 6.07 Å². The monoisotopic (exact) mass is 503 g/mol. The van der Waals surface area contributed by atoms with Crippen LogP contribution in [0, 0.1) is 11.3 Å². The zero-order valence-corrected chi connectivity index (χ0v) is 20.3. The fourth-order valence-electron chi connectivity index (χ4n) is 7.40. The lowest BCUT2D eigenvalue weighted by Crippen LogP contribution is -2.47. The van der Waals surface area contributed by atoms with E-state index in [9.17, 15) is 22.8 Å². The van der Waals surface area contributed by atoms with Crippen LogP contribution in [-0.4, -0.2) is 56.1 Å². The van der Waals surface area contributed by atoms with Gasteiger partial charge in [0.15, 0.2) is 0 Å². The number of alkyl halides is 3. The molecule has 0 aromatic carbocycles. The third kappa shape index (κ3) is 4.07. The van der Waals surface area contributed by atoms with Crippen LogP contribution in [0.25, 0.3) is 0 Å². The Morgan fingerprint density at radius 3 is 2.67 bits per heavy atom. The molecule has 0 unspecified atom stereocenters. The maximum atomic E-state index is 14.0. The van der Waals surface area contributed by atoms with E-state index in [0.29, 0.717) is 42.2 Å². The highest BCUT2D eigenvalue weighted by Gasteiger charge is 2.57.